The van der Waals surface area contributed by atoms with Gasteiger partial charge < -0.3 is 39.3 Å². The van der Waals surface area contributed by atoms with Crippen molar-refractivity contribution in [1.29, 1.82) is 0 Å². The van der Waals surface area contributed by atoms with E-state index in [1.165, 1.54) is 0 Å². The van der Waals surface area contributed by atoms with Crippen LogP contribution in [0.4, 0.5) is 16.2 Å². The lowest BCUT2D eigenvalue weighted by atomic mass is 9.99. The van der Waals surface area contributed by atoms with Gasteiger partial charge in [-0.3, -0.25) is 4.79 Å². The standard InChI is InChI=1S/C26H34N4O6/c1-16-12-30(17(2)14-31)25(32)20-11-19(28(3)4)7-9-21(20)36-24(16)13-29(5)26(33)27-18-6-8-22-23(10-18)35-15-34-22/h6-11,16-17,24,31H,12-15H2,1-5H3,(H,27,33)/t16-,17-,24+/m1/s1. The highest BCUT2D eigenvalue weighted by atomic mass is 16.7. The maximum absolute atomic E-state index is 13.5. The maximum atomic E-state index is 13.5. The minimum absolute atomic E-state index is 0.106. The Balaban J connectivity index is 1.54. The van der Waals surface area contributed by atoms with E-state index < -0.39 is 0 Å². The predicted octanol–water partition coefficient (Wildman–Crippen LogP) is 2.87. The second-order valence-corrected chi connectivity index (χ2v) is 9.58. The van der Waals surface area contributed by atoms with Gasteiger partial charge in [-0.15, -0.1) is 0 Å². The molecule has 3 amide bonds. The molecule has 0 unspecified atom stereocenters. The van der Waals surface area contributed by atoms with E-state index in [2.05, 4.69) is 5.32 Å². The van der Waals surface area contributed by atoms with Crippen LogP contribution in [0.1, 0.15) is 24.2 Å². The van der Waals surface area contributed by atoms with E-state index in [9.17, 15) is 14.7 Å². The van der Waals surface area contributed by atoms with E-state index >= 15 is 0 Å². The summed E-state index contributed by atoms with van der Waals surface area (Å²) in [5.74, 6) is 1.40. The molecule has 2 aliphatic rings. The molecular weight excluding hydrogens is 464 g/mol. The van der Waals surface area contributed by atoms with E-state index in [0.717, 1.165) is 5.69 Å². The molecule has 0 fully saturated rings. The number of amides is 3. The van der Waals surface area contributed by atoms with Crippen LogP contribution in [0.5, 0.6) is 17.2 Å². The van der Waals surface area contributed by atoms with Gasteiger partial charge in [0.05, 0.1) is 24.8 Å². The first-order valence-corrected chi connectivity index (χ1v) is 12.0. The molecule has 3 atom stereocenters. The van der Waals surface area contributed by atoms with Crippen molar-refractivity contribution in [2.45, 2.75) is 26.0 Å². The lowest BCUT2D eigenvalue weighted by Gasteiger charge is -2.38. The molecule has 2 aromatic carbocycles. The van der Waals surface area contributed by atoms with Gasteiger partial charge >= 0.3 is 6.03 Å². The fraction of sp³-hybridized carbons (Fsp3) is 0.462. The van der Waals surface area contributed by atoms with Gasteiger partial charge in [-0.25, -0.2) is 4.79 Å². The number of nitrogens with one attached hydrogen (secondary N) is 1. The van der Waals surface area contributed by atoms with Crippen LogP contribution in [0.2, 0.25) is 0 Å². The minimum atomic E-state index is -0.386. The Bertz CT molecular complexity index is 1120. The zero-order valence-corrected chi connectivity index (χ0v) is 21.4. The largest absolute Gasteiger partial charge is 0.487 e. The Morgan fingerprint density at radius 2 is 1.86 bits per heavy atom. The van der Waals surface area contributed by atoms with E-state index in [-0.39, 0.29) is 43.4 Å². The van der Waals surface area contributed by atoms with Crippen LogP contribution in [0.25, 0.3) is 0 Å². The van der Waals surface area contributed by atoms with Gasteiger partial charge in [-0.2, -0.15) is 0 Å². The Morgan fingerprint density at radius 1 is 1.14 bits per heavy atom. The van der Waals surface area contributed by atoms with Crippen LogP contribution in [0.3, 0.4) is 0 Å². The quantitative estimate of drug-likeness (QED) is 0.631. The summed E-state index contributed by atoms with van der Waals surface area (Å²) in [7, 11) is 5.51. The van der Waals surface area contributed by atoms with Crippen LogP contribution in [-0.2, 0) is 0 Å². The Labute approximate surface area is 211 Å². The molecule has 2 aliphatic heterocycles. The number of rotatable bonds is 6. The number of fused-ring (bicyclic) bond motifs is 2. The molecule has 0 aliphatic carbocycles. The van der Waals surface area contributed by atoms with Crippen molar-refractivity contribution in [3.05, 3.63) is 42.0 Å². The molecule has 0 aromatic heterocycles. The third kappa shape index (κ3) is 5.28. The molecule has 0 bridgehead atoms. The Kier molecular flexibility index (Phi) is 7.44. The first-order chi connectivity index (χ1) is 17.2. The molecule has 2 N–H and O–H groups in total. The average Bonchev–Trinajstić information content (AvgIpc) is 3.33. The number of ether oxygens (including phenoxy) is 3. The highest BCUT2D eigenvalue weighted by Gasteiger charge is 2.34. The lowest BCUT2D eigenvalue weighted by Crippen LogP contribution is -2.50. The molecule has 10 heteroatoms. The van der Waals surface area contributed by atoms with Crippen LogP contribution in [0, 0.1) is 5.92 Å². The fourth-order valence-electron chi connectivity index (χ4n) is 4.25. The zero-order valence-electron chi connectivity index (χ0n) is 21.4. The zero-order chi connectivity index (χ0) is 26.0. The second-order valence-electron chi connectivity index (χ2n) is 9.58. The highest BCUT2D eigenvalue weighted by Crippen LogP contribution is 2.34. The molecule has 36 heavy (non-hydrogen) atoms. The molecule has 0 saturated carbocycles. The van der Waals surface area contributed by atoms with Gasteiger partial charge in [0, 0.05) is 51.0 Å². The summed E-state index contributed by atoms with van der Waals surface area (Å²) in [4.78, 5) is 31.6. The number of nitrogens with zero attached hydrogens (tertiary/aromatic N) is 3. The number of aliphatic hydroxyl groups excluding tert-OH is 1. The average molecular weight is 499 g/mol. The van der Waals surface area contributed by atoms with E-state index in [0.29, 0.717) is 41.6 Å². The van der Waals surface area contributed by atoms with Crippen LogP contribution < -0.4 is 24.4 Å². The van der Waals surface area contributed by atoms with Gasteiger partial charge in [0.15, 0.2) is 11.5 Å². The topological polar surface area (TPSA) is 104 Å². The van der Waals surface area contributed by atoms with Gasteiger partial charge in [-0.1, -0.05) is 6.92 Å². The summed E-state index contributed by atoms with van der Waals surface area (Å²) >= 11 is 0. The number of hydrogen-bond donors (Lipinski definition) is 2. The highest BCUT2D eigenvalue weighted by molar-refractivity contribution is 5.98. The molecule has 2 heterocycles. The first-order valence-electron chi connectivity index (χ1n) is 12.0. The van der Waals surface area contributed by atoms with E-state index in [1.54, 1.807) is 47.2 Å². The van der Waals surface area contributed by atoms with Crippen molar-refractivity contribution in [2.75, 3.05) is 57.8 Å². The molecule has 10 nitrogen and oxygen atoms in total. The maximum Gasteiger partial charge on any atom is 0.321 e. The van der Waals surface area contributed by atoms with Crippen molar-refractivity contribution < 1.29 is 28.9 Å². The van der Waals surface area contributed by atoms with Gasteiger partial charge in [0.2, 0.25) is 6.79 Å². The number of aliphatic hydroxyl groups is 1. The number of likely N-dealkylation sites (N-methyl/N-ethyl adjacent to an activating group) is 1. The fourth-order valence-corrected chi connectivity index (χ4v) is 4.25. The lowest BCUT2D eigenvalue weighted by molar-refractivity contribution is 0.0371. The Hall–Kier alpha value is -3.66. The van der Waals surface area contributed by atoms with E-state index in [4.69, 9.17) is 14.2 Å². The molecule has 194 valence electrons. The summed E-state index contributed by atoms with van der Waals surface area (Å²) < 4.78 is 17.1. The SMILES string of the molecule is C[C@@H]1CN([C@H](C)CO)C(=O)c2cc(N(C)C)ccc2O[C@H]1CN(C)C(=O)Nc1ccc2c(c1)OCO2. The van der Waals surface area contributed by atoms with E-state index in [1.807, 2.05) is 38.9 Å². The number of urea groups is 1. The summed E-state index contributed by atoms with van der Waals surface area (Å²) in [6.07, 6.45) is -0.386. The summed E-state index contributed by atoms with van der Waals surface area (Å²) in [5.41, 5.74) is 1.90. The third-order valence-corrected chi connectivity index (χ3v) is 6.59. The number of carbonyl (C=O) groups is 2. The number of hydrogen-bond acceptors (Lipinski definition) is 7. The molecule has 0 saturated heterocycles. The second kappa shape index (κ2) is 10.5. The number of benzene rings is 2. The smallest absolute Gasteiger partial charge is 0.321 e. The first kappa shape index (κ1) is 25.4. The molecular formula is C26H34N4O6. The third-order valence-electron chi connectivity index (χ3n) is 6.59. The molecule has 0 radical (unpaired) electrons. The van der Waals surface area contributed by atoms with Crippen molar-refractivity contribution in [1.82, 2.24) is 9.80 Å². The minimum Gasteiger partial charge on any atom is -0.487 e. The molecule has 2 aromatic rings. The number of carbonyl (C=O) groups excluding carboxylic acids is 2. The van der Waals surface area contributed by atoms with Crippen molar-refractivity contribution in [3.63, 3.8) is 0 Å². The molecule has 0 spiro atoms. The molecule has 4 rings (SSSR count). The van der Waals surface area contributed by atoms with Crippen molar-refractivity contribution in [2.24, 2.45) is 5.92 Å². The van der Waals surface area contributed by atoms with Crippen LogP contribution in [-0.4, -0.2) is 86.6 Å². The van der Waals surface area contributed by atoms with Gasteiger partial charge in [0.25, 0.3) is 5.91 Å². The predicted molar refractivity (Wildman–Crippen MR) is 136 cm³/mol. The summed E-state index contributed by atoms with van der Waals surface area (Å²) in [5, 5.41) is 12.7. The number of anilines is 2. The van der Waals surface area contributed by atoms with Crippen LogP contribution >= 0.6 is 0 Å². The Morgan fingerprint density at radius 3 is 2.58 bits per heavy atom. The summed E-state index contributed by atoms with van der Waals surface area (Å²) in [6, 6.07) is 10.1. The van der Waals surface area contributed by atoms with Crippen LogP contribution in [0.15, 0.2) is 36.4 Å². The normalized spacial score (nSPS) is 19.5. The van der Waals surface area contributed by atoms with Crippen molar-refractivity contribution in [3.8, 4) is 17.2 Å². The summed E-state index contributed by atoms with van der Waals surface area (Å²) in [6.45, 7) is 4.50. The monoisotopic (exact) mass is 498 g/mol. The van der Waals surface area contributed by atoms with Crippen molar-refractivity contribution >= 4 is 23.3 Å². The van der Waals surface area contributed by atoms with Gasteiger partial charge in [0.1, 0.15) is 11.9 Å². The van der Waals surface area contributed by atoms with Gasteiger partial charge in [-0.05, 0) is 37.3 Å².